The van der Waals surface area contributed by atoms with E-state index in [-0.39, 0.29) is 5.91 Å². The molecule has 0 spiro atoms. The predicted octanol–water partition coefficient (Wildman–Crippen LogP) is 0.674. The SMILES string of the molecule is CCC[C@](O)(CC)C(=O)NC. The van der Waals surface area contributed by atoms with Crippen molar-refractivity contribution < 1.29 is 9.90 Å². The van der Waals surface area contributed by atoms with Crippen molar-refractivity contribution in [2.45, 2.75) is 38.7 Å². The highest BCUT2D eigenvalue weighted by Crippen LogP contribution is 2.16. The topological polar surface area (TPSA) is 49.3 Å². The van der Waals surface area contributed by atoms with Crippen molar-refractivity contribution >= 4 is 5.91 Å². The van der Waals surface area contributed by atoms with Gasteiger partial charge in [0.05, 0.1) is 0 Å². The summed E-state index contributed by atoms with van der Waals surface area (Å²) < 4.78 is 0. The molecule has 0 aromatic rings. The van der Waals surface area contributed by atoms with Gasteiger partial charge in [-0.25, -0.2) is 0 Å². The molecule has 0 radical (unpaired) electrons. The van der Waals surface area contributed by atoms with Crippen molar-refractivity contribution in [1.82, 2.24) is 5.32 Å². The van der Waals surface area contributed by atoms with Crippen LogP contribution in [0.2, 0.25) is 0 Å². The lowest BCUT2D eigenvalue weighted by molar-refractivity contribution is -0.140. The molecule has 0 aromatic carbocycles. The minimum absolute atomic E-state index is 0.276. The van der Waals surface area contributed by atoms with Crippen molar-refractivity contribution in [3.8, 4) is 0 Å². The minimum atomic E-state index is -1.15. The third-order valence-corrected chi connectivity index (χ3v) is 1.90. The van der Waals surface area contributed by atoms with Gasteiger partial charge in [-0.2, -0.15) is 0 Å². The first kappa shape index (κ1) is 10.4. The standard InChI is InChI=1S/C8H17NO2/c1-4-6-8(11,5-2)7(10)9-3/h11H,4-6H2,1-3H3,(H,9,10)/t8-/m1/s1. The van der Waals surface area contributed by atoms with Crippen LogP contribution in [0.25, 0.3) is 0 Å². The van der Waals surface area contributed by atoms with E-state index in [4.69, 9.17) is 0 Å². The Bertz CT molecular complexity index is 136. The molecule has 0 fully saturated rings. The zero-order valence-corrected chi connectivity index (χ0v) is 7.48. The van der Waals surface area contributed by atoms with Gasteiger partial charge in [0, 0.05) is 7.05 Å². The van der Waals surface area contributed by atoms with E-state index in [1.807, 2.05) is 13.8 Å². The van der Waals surface area contributed by atoms with Gasteiger partial charge >= 0.3 is 0 Å². The minimum Gasteiger partial charge on any atom is -0.380 e. The highest BCUT2D eigenvalue weighted by molar-refractivity contribution is 5.84. The summed E-state index contributed by atoms with van der Waals surface area (Å²) in [6.45, 7) is 3.76. The van der Waals surface area contributed by atoms with Gasteiger partial charge in [0.15, 0.2) is 0 Å². The maximum absolute atomic E-state index is 11.1. The number of hydrogen-bond acceptors (Lipinski definition) is 2. The molecule has 0 aliphatic rings. The smallest absolute Gasteiger partial charge is 0.251 e. The molecule has 0 saturated heterocycles. The summed E-state index contributed by atoms with van der Waals surface area (Å²) in [5.74, 6) is -0.276. The molecule has 0 saturated carbocycles. The van der Waals surface area contributed by atoms with Gasteiger partial charge in [0.1, 0.15) is 5.60 Å². The zero-order chi connectivity index (χ0) is 8.91. The largest absolute Gasteiger partial charge is 0.380 e. The Morgan fingerprint density at radius 2 is 2.09 bits per heavy atom. The van der Waals surface area contributed by atoms with Crippen LogP contribution >= 0.6 is 0 Å². The van der Waals surface area contributed by atoms with E-state index >= 15 is 0 Å². The van der Waals surface area contributed by atoms with Gasteiger partial charge < -0.3 is 10.4 Å². The van der Waals surface area contributed by atoms with Gasteiger partial charge in [-0.1, -0.05) is 20.3 Å². The highest BCUT2D eigenvalue weighted by Gasteiger charge is 2.31. The number of aliphatic hydroxyl groups is 1. The second kappa shape index (κ2) is 4.34. The number of amides is 1. The van der Waals surface area contributed by atoms with Gasteiger partial charge in [-0.3, -0.25) is 4.79 Å². The van der Waals surface area contributed by atoms with Crippen LogP contribution in [-0.4, -0.2) is 23.7 Å². The lowest BCUT2D eigenvalue weighted by Gasteiger charge is -2.23. The van der Waals surface area contributed by atoms with Crippen LogP contribution in [0.3, 0.4) is 0 Å². The first-order valence-electron chi connectivity index (χ1n) is 4.05. The molecule has 0 bridgehead atoms. The summed E-state index contributed by atoms with van der Waals surface area (Å²) in [6.07, 6.45) is 1.82. The number of likely N-dealkylation sites (N-methyl/N-ethyl adjacent to an activating group) is 1. The molecule has 0 rings (SSSR count). The van der Waals surface area contributed by atoms with E-state index in [0.29, 0.717) is 12.8 Å². The van der Waals surface area contributed by atoms with E-state index in [9.17, 15) is 9.90 Å². The fraction of sp³-hybridized carbons (Fsp3) is 0.875. The van der Waals surface area contributed by atoms with Crippen LogP contribution in [0.15, 0.2) is 0 Å². The van der Waals surface area contributed by atoms with Crippen LogP contribution in [0.5, 0.6) is 0 Å². The molecule has 1 atom stereocenters. The third-order valence-electron chi connectivity index (χ3n) is 1.90. The van der Waals surface area contributed by atoms with E-state index < -0.39 is 5.60 Å². The Hall–Kier alpha value is -0.570. The zero-order valence-electron chi connectivity index (χ0n) is 7.48. The lowest BCUT2D eigenvalue weighted by Crippen LogP contribution is -2.44. The van der Waals surface area contributed by atoms with E-state index in [2.05, 4.69) is 5.32 Å². The summed E-state index contributed by atoms with van der Waals surface area (Å²) in [6, 6.07) is 0. The number of rotatable bonds is 4. The Labute approximate surface area is 67.8 Å². The van der Waals surface area contributed by atoms with Crippen molar-refractivity contribution in [3.05, 3.63) is 0 Å². The van der Waals surface area contributed by atoms with Crippen LogP contribution in [0.4, 0.5) is 0 Å². The molecule has 3 heteroatoms. The fourth-order valence-corrected chi connectivity index (χ4v) is 1.10. The van der Waals surface area contributed by atoms with Crippen molar-refractivity contribution in [3.63, 3.8) is 0 Å². The highest BCUT2D eigenvalue weighted by atomic mass is 16.3. The lowest BCUT2D eigenvalue weighted by atomic mass is 9.94. The number of hydrogen-bond donors (Lipinski definition) is 2. The average molecular weight is 159 g/mol. The molecule has 1 amide bonds. The van der Waals surface area contributed by atoms with Gasteiger partial charge in [0.25, 0.3) is 5.91 Å². The molecule has 0 aliphatic carbocycles. The monoisotopic (exact) mass is 159 g/mol. The molecule has 3 nitrogen and oxygen atoms in total. The Balaban J connectivity index is 4.19. The van der Waals surface area contributed by atoms with Crippen LogP contribution < -0.4 is 5.32 Å². The summed E-state index contributed by atoms with van der Waals surface area (Å²) in [5, 5.41) is 12.1. The number of nitrogens with one attached hydrogen (secondary N) is 1. The summed E-state index contributed by atoms with van der Waals surface area (Å²) >= 11 is 0. The Morgan fingerprint density at radius 1 is 1.55 bits per heavy atom. The van der Waals surface area contributed by atoms with Gasteiger partial charge in [-0.15, -0.1) is 0 Å². The number of carbonyl (C=O) groups excluding carboxylic acids is 1. The van der Waals surface area contributed by atoms with Crippen LogP contribution in [-0.2, 0) is 4.79 Å². The maximum atomic E-state index is 11.1. The predicted molar refractivity (Wildman–Crippen MR) is 44.2 cm³/mol. The third kappa shape index (κ3) is 2.50. The molecule has 0 aromatic heterocycles. The van der Waals surface area contributed by atoms with E-state index in [1.165, 1.54) is 0 Å². The van der Waals surface area contributed by atoms with Crippen LogP contribution in [0.1, 0.15) is 33.1 Å². The molecule has 0 unspecified atom stereocenters. The second-order valence-electron chi connectivity index (χ2n) is 2.71. The average Bonchev–Trinajstić information content (AvgIpc) is 2.03. The summed E-state index contributed by atoms with van der Waals surface area (Å²) in [4.78, 5) is 11.1. The van der Waals surface area contributed by atoms with Crippen molar-refractivity contribution in [2.24, 2.45) is 0 Å². The van der Waals surface area contributed by atoms with Crippen molar-refractivity contribution in [1.29, 1.82) is 0 Å². The Kier molecular flexibility index (Phi) is 4.11. The molecule has 2 N–H and O–H groups in total. The van der Waals surface area contributed by atoms with Crippen molar-refractivity contribution in [2.75, 3.05) is 7.05 Å². The molecule has 66 valence electrons. The van der Waals surface area contributed by atoms with Gasteiger partial charge in [0.2, 0.25) is 0 Å². The van der Waals surface area contributed by atoms with E-state index in [0.717, 1.165) is 6.42 Å². The molecule has 0 aliphatic heterocycles. The molecule has 11 heavy (non-hydrogen) atoms. The summed E-state index contributed by atoms with van der Waals surface area (Å²) in [7, 11) is 1.54. The number of carbonyl (C=O) groups is 1. The second-order valence-corrected chi connectivity index (χ2v) is 2.71. The fourth-order valence-electron chi connectivity index (χ4n) is 1.10. The first-order chi connectivity index (χ1) is 5.10. The summed E-state index contributed by atoms with van der Waals surface area (Å²) in [5.41, 5.74) is -1.15. The first-order valence-corrected chi connectivity index (χ1v) is 4.05. The molecule has 0 heterocycles. The molecular weight excluding hydrogens is 142 g/mol. The van der Waals surface area contributed by atoms with E-state index in [1.54, 1.807) is 7.05 Å². The normalized spacial score (nSPS) is 15.6. The molecular formula is C8H17NO2. The van der Waals surface area contributed by atoms with Gasteiger partial charge in [-0.05, 0) is 12.8 Å². The van der Waals surface area contributed by atoms with Crippen LogP contribution in [0, 0.1) is 0 Å². The maximum Gasteiger partial charge on any atom is 0.251 e. The Morgan fingerprint density at radius 3 is 2.36 bits per heavy atom. The quantitative estimate of drug-likeness (QED) is 0.633.